The quantitative estimate of drug-likeness (QED) is 0.795. The third kappa shape index (κ3) is 2.47. The van der Waals surface area contributed by atoms with Gasteiger partial charge in [-0.05, 0) is 17.2 Å². The van der Waals surface area contributed by atoms with Crippen molar-refractivity contribution in [3.05, 3.63) is 65.7 Å². The van der Waals surface area contributed by atoms with Gasteiger partial charge in [-0.3, -0.25) is 4.79 Å². The molecular weight excluding hydrogens is 282 g/mol. The Labute approximate surface area is 128 Å². The van der Waals surface area contributed by atoms with Gasteiger partial charge in [0.2, 0.25) is 5.91 Å². The topological polar surface area (TPSA) is 37.4 Å². The van der Waals surface area contributed by atoms with Gasteiger partial charge in [0.15, 0.2) is 0 Å². The zero-order valence-corrected chi connectivity index (χ0v) is 12.4. The van der Waals surface area contributed by atoms with Gasteiger partial charge >= 0.3 is 0 Å². The summed E-state index contributed by atoms with van der Waals surface area (Å²) in [7, 11) is 0. The fourth-order valence-electron chi connectivity index (χ4n) is 2.65. The van der Waals surface area contributed by atoms with Crippen molar-refractivity contribution in [2.45, 2.75) is 23.2 Å². The molecule has 3 nitrogen and oxygen atoms in total. The fraction of sp³-hybridized carbons (Fsp3) is 0.176. The van der Waals surface area contributed by atoms with Crippen LogP contribution in [0.5, 0.6) is 0 Å². The van der Waals surface area contributed by atoms with E-state index < -0.39 is 6.04 Å². The maximum atomic E-state index is 12.1. The third-order valence-corrected chi connectivity index (χ3v) is 4.95. The SMILES string of the molecule is CC(=O)N1C(C=O)c2ccccc2SC1c1ccccc1. The standard InChI is InChI=1S/C17H15NO2S/c1-12(20)18-15(11-19)14-9-5-6-10-16(14)21-17(18)13-7-3-2-4-8-13/h2-11,15,17H,1H3. The minimum atomic E-state index is -0.523. The highest BCUT2D eigenvalue weighted by Crippen LogP contribution is 2.48. The van der Waals surface area contributed by atoms with E-state index in [2.05, 4.69) is 0 Å². The molecule has 0 aliphatic carbocycles. The van der Waals surface area contributed by atoms with E-state index in [1.54, 1.807) is 16.7 Å². The lowest BCUT2D eigenvalue weighted by Crippen LogP contribution is -2.38. The van der Waals surface area contributed by atoms with Crippen molar-refractivity contribution in [1.82, 2.24) is 4.90 Å². The molecule has 2 atom stereocenters. The second-order valence-corrected chi connectivity index (χ2v) is 6.05. The van der Waals surface area contributed by atoms with E-state index in [9.17, 15) is 9.59 Å². The van der Waals surface area contributed by atoms with Crippen LogP contribution in [0.15, 0.2) is 59.5 Å². The number of fused-ring (bicyclic) bond motifs is 1. The Hall–Kier alpha value is -2.07. The Morgan fingerprint density at radius 1 is 1.10 bits per heavy atom. The largest absolute Gasteiger partial charge is 0.313 e. The van der Waals surface area contributed by atoms with Crippen LogP contribution in [-0.4, -0.2) is 17.1 Å². The maximum Gasteiger partial charge on any atom is 0.221 e. The number of nitrogens with zero attached hydrogens (tertiary/aromatic N) is 1. The van der Waals surface area contributed by atoms with Crippen LogP contribution in [0.1, 0.15) is 29.5 Å². The second-order valence-electron chi connectivity index (χ2n) is 4.93. The zero-order chi connectivity index (χ0) is 14.8. The predicted octanol–water partition coefficient (Wildman–Crippen LogP) is 3.58. The number of aldehydes is 1. The van der Waals surface area contributed by atoms with Crippen molar-refractivity contribution in [2.75, 3.05) is 0 Å². The Bertz CT molecular complexity index is 672. The lowest BCUT2D eigenvalue weighted by Gasteiger charge is -2.40. The molecule has 2 aromatic carbocycles. The van der Waals surface area contributed by atoms with E-state index in [-0.39, 0.29) is 11.3 Å². The molecule has 0 aromatic heterocycles. The van der Waals surface area contributed by atoms with Crippen molar-refractivity contribution >= 4 is 24.0 Å². The molecule has 1 amide bonds. The van der Waals surface area contributed by atoms with Crippen molar-refractivity contribution in [1.29, 1.82) is 0 Å². The molecule has 1 heterocycles. The van der Waals surface area contributed by atoms with Gasteiger partial charge in [-0.1, -0.05) is 60.3 Å². The molecule has 0 saturated carbocycles. The minimum Gasteiger partial charge on any atom is -0.313 e. The molecule has 4 heteroatoms. The number of carbonyl (C=O) groups is 2. The molecule has 0 fully saturated rings. The summed E-state index contributed by atoms with van der Waals surface area (Å²) in [5.74, 6) is -0.0945. The molecule has 3 rings (SSSR count). The van der Waals surface area contributed by atoms with Crippen LogP contribution >= 0.6 is 11.8 Å². The average molecular weight is 297 g/mol. The molecule has 0 saturated heterocycles. The molecule has 0 radical (unpaired) electrons. The normalized spacial score (nSPS) is 20.7. The monoisotopic (exact) mass is 297 g/mol. The summed E-state index contributed by atoms with van der Waals surface area (Å²) in [5, 5.41) is -0.172. The number of hydrogen-bond acceptors (Lipinski definition) is 3. The Morgan fingerprint density at radius 3 is 2.43 bits per heavy atom. The van der Waals surface area contributed by atoms with Crippen LogP contribution in [0.2, 0.25) is 0 Å². The predicted molar refractivity (Wildman–Crippen MR) is 82.8 cm³/mol. The van der Waals surface area contributed by atoms with E-state index >= 15 is 0 Å². The van der Waals surface area contributed by atoms with Gasteiger partial charge < -0.3 is 9.69 Å². The van der Waals surface area contributed by atoms with Gasteiger partial charge in [-0.2, -0.15) is 0 Å². The van der Waals surface area contributed by atoms with Crippen LogP contribution in [0.3, 0.4) is 0 Å². The summed E-state index contributed by atoms with van der Waals surface area (Å²) in [5.41, 5.74) is 1.93. The molecule has 0 N–H and O–H groups in total. The van der Waals surface area contributed by atoms with Crippen LogP contribution in [0, 0.1) is 0 Å². The number of rotatable bonds is 2. The summed E-state index contributed by atoms with van der Waals surface area (Å²) in [6.07, 6.45) is 0.857. The van der Waals surface area contributed by atoms with Gasteiger partial charge in [0, 0.05) is 11.8 Å². The van der Waals surface area contributed by atoms with Crippen molar-refractivity contribution in [2.24, 2.45) is 0 Å². The number of carbonyl (C=O) groups excluding carboxylic acids is 2. The molecule has 1 aliphatic heterocycles. The maximum absolute atomic E-state index is 12.1. The van der Waals surface area contributed by atoms with Gasteiger partial charge in [0.05, 0.1) is 0 Å². The fourth-order valence-corrected chi connectivity index (χ4v) is 4.06. The highest BCUT2D eigenvalue weighted by molar-refractivity contribution is 7.99. The minimum absolute atomic E-state index is 0.0945. The molecular formula is C17H15NO2S. The highest BCUT2D eigenvalue weighted by Gasteiger charge is 2.37. The van der Waals surface area contributed by atoms with Gasteiger partial charge in [0.25, 0.3) is 0 Å². The van der Waals surface area contributed by atoms with Crippen molar-refractivity contribution in [3.8, 4) is 0 Å². The molecule has 0 bridgehead atoms. The molecule has 2 aromatic rings. The Kier molecular flexibility index (Phi) is 3.80. The van der Waals surface area contributed by atoms with E-state index in [1.165, 1.54) is 6.92 Å². The van der Waals surface area contributed by atoms with E-state index in [0.29, 0.717) is 0 Å². The summed E-state index contributed by atoms with van der Waals surface area (Å²) in [4.78, 5) is 26.4. The van der Waals surface area contributed by atoms with E-state index in [0.717, 1.165) is 22.3 Å². The van der Waals surface area contributed by atoms with Crippen LogP contribution in [0.25, 0.3) is 0 Å². The van der Waals surface area contributed by atoms with Crippen molar-refractivity contribution < 1.29 is 9.59 Å². The smallest absolute Gasteiger partial charge is 0.221 e. The zero-order valence-electron chi connectivity index (χ0n) is 11.6. The summed E-state index contributed by atoms with van der Waals surface area (Å²) in [6.45, 7) is 1.51. The highest BCUT2D eigenvalue weighted by atomic mass is 32.2. The summed E-state index contributed by atoms with van der Waals surface area (Å²) < 4.78 is 0. The van der Waals surface area contributed by atoms with Crippen LogP contribution in [0.4, 0.5) is 0 Å². The Balaban J connectivity index is 2.12. The first-order valence-electron chi connectivity index (χ1n) is 6.77. The summed E-state index contributed by atoms with van der Waals surface area (Å²) in [6, 6.07) is 17.1. The molecule has 106 valence electrons. The van der Waals surface area contributed by atoms with E-state index in [4.69, 9.17) is 0 Å². The number of amides is 1. The van der Waals surface area contributed by atoms with Gasteiger partial charge in [-0.15, -0.1) is 0 Å². The molecule has 1 aliphatic rings. The van der Waals surface area contributed by atoms with Crippen LogP contribution < -0.4 is 0 Å². The average Bonchev–Trinajstić information content (AvgIpc) is 2.53. The third-order valence-electron chi connectivity index (χ3n) is 3.61. The van der Waals surface area contributed by atoms with Gasteiger partial charge in [-0.25, -0.2) is 0 Å². The Morgan fingerprint density at radius 2 is 1.76 bits per heavy atom. The number of hydrogen-bond donors (Lipinski definition) is 0. The van der Waals surface area contributed by atoms with Gasteiger partial charge in [0.1, 0.15) is 17.7 Å². The summed E-state index contributed by atoms with van der Waals surface area (Å²) >= 11 is 1.61. The van der Waals surface area contributed by atoms with Crippen molar-refractivity contribution in [3.63, 3.8) is 0 Å². The molecule has 2 unspecified atom stereocenters. The molecule has 0 spiro atoms. The number of thioether (sulfide) groups is 1. The first-order valence-corrected chi connectivity index (χ1v) is 7.65. The first-order chi connectivity index (χ1) is 10.2. The lowest BCUT2D eigenvalue weighted by molar-refractivity contribution is -0.135. The lowest BCUT2D eigenvalue weighted by atomic mass is 10.0. The second kappa shape index (κ2) is 5.74. The number of benzene rings is 2. The first kappa shape index (κ1) is 13.9. The van der Waals surface area contributed by atoms with Crippen LogP contribution in [-0.2, 0) is 9.59 Å². The van der Waals surface area contributed by atoms with E-state index in [1.807, 2.05) is 54.6 Å². The molecule has 21 heavy (non-hydrogen) atoms.